The molecule has 0 fully saturated rings. The molecular weight excluding hydrogens is 350 g/mol. The number of aromatic nitrogens is 2. The highest BCUT2D eigenvalue weighted by atomic mass is 16.4. The Morgan fingerprint density at radius 3 is 2.50 bits per heavy atom. The van der Waals surface area contributed by atoms with Crippen LogP contribution in [0.4, 0.5) is 5.69 Å². The molecule has 5 nitrogen and oxygen atoms in total. The van der Waals surface area contributed by atoms with Crippen LogP contribution in [0.25, 0.3) is 22.3 Å². The van der Waals surface area contributed by atoms with E-state index in [0.29, 0.717) is 5.69 Å². The largest absolute Gasteiger partial charge is 0.478 e. The van der Waals surface area contributed by atoms with Gasteiger partial charge in [0.1, 0.15) is 0 Å². The average molecular weight is 369 g/mol. The van der Waals surface area contributed by atoms with Gasteiger partial charge < -0.3 is 10.4 Å². The molecule has 0 radical (unpaired) electrons. The zero-order chi connectivity index (χ0) is 19.5. The van der Waals surface area contributed by atoms with Gasteiger partial charge >= 0.3 is 5.97 Å². The molecule has 5 heteroatoms. The van der Waals surface area contributed by atoms with E-state index in [1.165, 1.54) is 0 Å². The Morgan fingerprint density at radius 2 is 1.71 bits per heavy atom. The molecule has 1 unspecified atom stereocenters. The molecule has 1 heterocycles. The van der Waals surface area contributed by atoms with E-state index in [1.807, 2.05) is 61.5 Å². The summed E-state index contributed by atoms with van der Waals surface area (Å²) in [5.74, 6) is -0.959. The van der Waals surface area contributed by atoms with Gasteiger partial charge in [-0.15, -0.1) is 0 Å². The number of carboxylic acids is 1. The van der Waals surface area contributed by atoms with Crippen molar-refractivity contribution in [3.05, 3.63) is 90.1 Å². The van der Waals surface area contributed by atoms with Crippen molar-refractivity contribution in [2.45, 2.75) is 13.0 Å². The Labute approximate surface area is 162 Å². The molecule has 4 rings (SSSR count). The first-order valence-electron chi connectivity index (χ1n) is 9.03. The van der Waals surface area contributed by atoms with Crippen LogP contribution in [-0.4, -0.2) is 21.0 Å². The van der Waals surface area contributed by atoms with Crippen LogP contribution in [0, 0.1) is 0 Å². The highest BCUT2D eigenvalue weighted by Gasteiger charge is 2.15. The minimum atomic E-state index is -0.959. The van der Waals surface area contributed by atoms with Crippen molar-refractivity contribution in [1.82, 2.24) is 9.97 Å². The minimum absolute atomic E-state index is 0.149. The Hall–Kier alpha value is -3.73. The molecule has 0 spiro atoms. The van der Waals surface area contributed by atoms with Crippen LogP contribution in [0.15, 0.2) is 79.0 Å². The van der Waals surface area contributed by atoms with Crippen molar-refractivity contribution < 1.29 is 9.90 Å². The topological polar surface area (TPSA) is 75.1 Å². The molecular formula is C23H19N3O2. The number of carbonyl (C=O) groups is 1. The Bertz CT molecular complexity index is 1140. The molecule has 0 amide bonds. The fraction of sp³-hybridized carbons (Fsp3) is 0.0870. The number of para-hydroxylation sites is 2. The Kier molecular flexibility index (Phi) is 4.72. The normalized spacial score (nSPS) is 11.9. The van der Waals surface area contributed by atoms with Crippen LogP contribution in [0.3, 0.4) is 0 Å². The molecule has 28 heavy (non-hydrogen) atoms. The fourth-order valence-electron chi connectivity index (χ4n) is 3.26. The van der Waals surface area contributed by atoms with E-state index in [-0.39, 0.29) is 11.6 Å². The number of rotatable bonds is 5. The number of benzene rings is 3. The van der Waals surface area contributed by atoms with E-state index in [4.69, 9.17) is 4.98 Å². The van der Waals surface area contributed by atoms with Gasteiger partial charge in [-0.1, -0.05) is 54.6 Å². The van der Waals surface area contributed by atoms with Crippen molar-refractivity contribution in [3.63, 3.8) is 0 Å². The van der Waals surface area contributed by atoms with Crippen LogP contribution < -0.4 is 5.32 Å². The van der Waals surface area contributed by atoms with Crippen molar-refractivity contribution in [2.24, 2.45) is 0 Å². The Balaban J connectivity index is 1.75. The summed E-state index contributed by atoms with van der Waals surface area (Å²) in [6.45, 7) is 1.99. The summed E-state index contributed by atoms with van der Waals surface area (Å²) in [5.41, 5.74) is 5.19. The fourth-order valence-corrected chi connectivity index (χ4v) is 3.26. The summed E-state index contributed by atoms with van der Waals surface area (Å²) in [6, 6.07) is 22.5. The lowest BCUT2D eigenvalue weighted by molar-refractivity contribution is 0.0698. The second-order valence-electron chi connectivity index (χ2n) is 6.55. The number of nitrogens with zero attached hydrogens (tertiary/aromatic N) is 2. The highest BCUT2D eigenvalue weighted by Crippen LogP contribution is 2.28. The van der Waals surface area contributed by atoms with Gasteiger partial charge in [0.2, 0.25) is 0 Å². The van der Waals surface area contributed by atoms with Gasteiger partial charge in [0.15, 0.2) is 0 Å². The van der Waals surface area contributed by atoms with Gasteiger partial charge in [0.05, 0.1) is 34.5 Å². The molecule has 0 bridgehead atoms. The Morgan fingerprint density at radius 1 is 0.964 bits per heavy atom. The molecule has 138 valence electrons. The molecule has 1 atom stereocenters. The predicted molar refractivity (Wildman–Crippen MR) is 110 cm³/mol. The van der Waals surface area contributed by atoms with Crippen molar-refractivity contribution in [1.29, 1.82) is 0 Å². The maximum Gasteiger partial charge on any atom is 0.337 e. The number of anilines is 1. The van der Waals surface area contributed by atoms with Crippen molar-refractivity contribution in [2.75, 3.05) is 5.32 Å². The third-order valence-corrected chi connectivity index (χ3v) is 4.67. The van der Waals surface area contributed by atoms with Crippen LogP contribution in [0.1, 0.15) is 28.9 Å². The van der Waals surface area contributed by atoms with Crippen molar-refractivity contribution >= 4 is 22.7 Å². The molecule has 2 N–H and O–H groups in total. The van der Waals surface area contributed by atoms with E-state index in [9.17, 15) is 9.90 Å². The third-order valence-electron chi connectivity index (χ3n) is 4.67. The second-order valence-corrected chi connectivity index (χ2v) is 6.55. The van der Waals surface area contributed by atoms with Crippen LogP contribution in [0.5, 0.6) is 0 Å². The first kappa shape index (κ1) is 17.7. The van der Waals surface area contributed by atoms with Gasteiger partial charge in [0.25, 0.3) is 0 Å². The summed E-state index contributed by atoms with van der Waals surface area (Å²) < 4.78 is 0. The number of hydrogen-bond donors (Lipinski definition) is 2. The zero-order valence-electron chi connectivity index (χ0n) is 15.3. The maximum absolute atomic E-state index is 11.5. The van der Waals surface area contributed by atoms with E-state index in [0.717, 1.165) is 27.9 Å². The van der Waals surface area contributed by atoms with E-state index in [2.05, 4.69) is 10.3 Å². The van der Waals surface area contributed by atoms with Crippen LogP contribution in [0.2, 0.25) is 0 Å². The quantitative estimate of drug-likeness (QED) is 0.508. The monoisotopic (exact) mass is 369 g/mol. The lowest BCUT2D eigenvalue weighted by atomic mass is 10.0. The summed E-state index contributed by atoms with van der Waals surface area (Å²) in [7, 11) is 0. The van der Waals surface area contributed by atoms with Gasteiger partial charge in [-0.3, -0.25) is 4.98 Å². The minimum Gasteiger partial charge on any atom is -0.478 e. The van der Waals surface area contributed by atoms with Crippen LogP contribution in [-0.2, 0) is 0 Å². The molecule has 0 aliphatic carbocycles. The number of hydrogen-bond acceptors (Lipinski definition) is 4. The highest BCUT2D eigenvalue weighted by molar-refractivity contribution is 5.94. The third kappa shape index (κ3) is 3.42. The zero-order valence-corrected chi connectivity index (χ0v) is 15.3. The number of carboxylic acid groups (broad SMARTS) is 1. The smallest absolute Gasteiger partial charge is 0.337 e. The van der Waals surface area contributed by atoms with Gasteiger partial charge in [-0.05, 0) is 25.1 Å². The number of fused-ring (bicyclic) bond motifs is 1. The van der Waals surface area contributed by atoms with E-state index >= 15 is 0 Å². The van der Waals surface area contributed by atoms with Gasteiger partial charge in [-0.25, -0.2) is 9.78 Å². The first-order chi connectivity index (χ1) is 13.6. The lowest BCUT2D eigenvalue weighted by Gasteiger charge is -2.18. The molecule has 0 saturated heterocycles. The molecule has 0 aliphatic heterocycles. The molecule has 1 aromatic heterocycles. The molecule has 0 aliphatic rings. The number of nitrogens with one attached hydrogen (secondary N) is 1. The molecule has 0 saturated carbocycles. The SMILES string of the molecule is CC(Nc1ccccc1C(=O)O)c1cccc2ncc(-c3ccccc3)nc12. The predicted octanol–water partition coefficient (Wildman–Crippen LogP) is 5.17. The number of aromatic carboxylic acids is 1. The second kappa shape index (κ2) is 7.48. The standard InChI is InChI=1S/C23H19N3O2/c1-15(25-19-12-6-5-10-18(19)23(27)28)17-11-7-13-20-22(17)26-21(14-24-20)16-8-3-2-4-9-16/h2-15,25H,1H3,(H,27,28). The maximum atomic E-state index is 11.5. The lowest BCUT2D eigenvalue weighted by Crippen LogP contribution is -2.11. The first-order valence-corrected chi connectivity index (χ1v) is 9.03. The summed E-state index contributed by atoms with van der Waals surface area (Å²) in [4.78, 5) is 20.9. The summed E-state index contributed by atoms with van der Waals surface area (Å²) in [5, 5.41) is 12.7. The molecule has 3 aromatic carbocycles. The summed E-state index contributed by atoms with van der Waals surface area (Å²) >= 11 is 0. The van der Waals surface area contributed by atoms with Crippen LogP contribution >= 0.6 is 0 Å². The van der Waals surface area contributed by atoms with E-state index < -0.39 is 5.97 Å². The average Bonchev–Trinajstić information content (AvgIpc) is 2.73. The summed E-state index contributed by atoms with van der Waals surface area (Å²) in [6.07, 6.45) is 1.78. The van der Waals surface area contributed by atoms with E-state index in [1.54, 1.807) is 24.4 Å². The van der Waals surface area contributed by atoms with Gasteiger partial charge in [-0.2, -0.15) is 0 Å². The van der Waals surface area contributed by atoms with Crippen molar-refractivity contribution in [3.8, 4) is 11.3 Å². The van der Waals surface area contributed by atoms with Gasteiger partial charge in [0, 0.05) is 16.8 Å². The molecule has 4 aromatic rings.